The Kier molecular flexibility index (Phi) is 9.75. The van der Waals surface area contributed by atoms with Gasteiger partial charge in [0.05, 0.1) is 19.1 Å². The molecule has 0 spiro atoms. The number of hydrogen-bond donors (Lipinski definition) is 1. The van der Waals surface area contributed by atoms with Crippen LogP contribution in [0.4, 0.5) is 11.4 Å². The van der Waals surface area contributed by atoms with Gasteiger partial charge < -0.3 is 10.1 Å². The van der Waals surface area contributed by atoms with Gasteiger partial charge in [-0.25, -0.2) is 0 Å². The van der Waals surface area contributed by atoms with Crippen LogP contribution >= 0.6 is 24.2 Å². The van der Waals surface area contributed by atoms with Gasteiger partial charge in [0.1, 0.15) is 17.2 Å². The molecular formula is C16H19BrN2O6P+. The highest BCUT2D eigenvalue weighted by atomic mass is 79.9. The van der Waals surface area contributed by atoms with Crippen LogP contribution in [0.25, 0.3) is 0 Å². The first-order chi connectivity index (χ1) is 12.4. The molecule has 0 aliphatic heterocycles. The van der Waals surface area contributed by atoms with Crippen LogP contribution in [0.15, 0.2) is 46.9 Å². The minimum absolute atomic E-state index is 0.0370. The molecule has 0 aliphatic rings. The molecule has 8 nitrogen and oxygen atoms in total. The highest BCUT2D eigenvalue weighted by molar-refractivity contribution is 9.10. The molecule has 1 N–H and O–H groups in total. The largest absolute Gasteiger partial charge is 0.696 e. The molecule has 0 fully saturated rings. The first kappa shape index (κ1) is 22.0. The van der Waals surface area contributed by atoms with Crippen LogP contribution in [-0.4, -0.2) is 25.7 Å². The summed E-state index contributed by atoms with van der Waals surface area (Å²) in [5.74, 6) is 1.22. The number of hydrogen-bond acceptors (Lipinski definition) is 7. The van der Waals surface area contributed by atoms with E-state index in [2.05, 4.69) is 30.3 Å². The number of nitro benzene ring substituents is 1. The first-order valence-electron chi connectivity index (χ1n) is 7.42. The van der Waals surface area contributed by atoms with Gasteiger partial charge in [-0.1, -0.05) is 15.9 Å². The number of benzene rings is 2. The molecule has 2 aromatic carbocycles. The highest BCUT2D eigenvalue weighted by Gasteiger charge is 2.14. The molecule has 10 heteroatoms. The molecule has 26 heavy (non-hydrogen) atoms. The Hall–Kier alpha value is -2.06. The third-order valence-corrected chi connectivity index (χ3v) is 4.00. The molecule has 0 heterocycles. The predicted molar refractivity (Wildman–Crippen MR) is 103 cm³/mol. The van der Waals surface area contributed by atoms with Crippen LogP contribution in [0.1, 0.15) is 6.92 Å². The monoisotopic (exact) mass is 445 g/mol. The molecule has 2 rings (SSSR count). The Labute approximate surface area is 160 Å². The molecule has 0 saturated heterocycles. The summed E-state index contributed by atoms with van der Waals surface area (Å²) in [6.07, 6.45) is 0. The van der Waals surface area contributed by atoms with Gasteiger partial charge in [0.15, 0.2) is 0 Å². The molecule has 0 amide bonds. The molecule has 0 radical (unpaired) electrons. The highest BCUT2D eigenvalue weighted by Crippen LogP contribution is 2.31. The van der Waals surface area contributed by atoms with Crippen molar-refractivity contribution in [2.75, 3.05) is 26.1 Å². The summed E-state index contributed by atoms with van der Waals surface area (Å²) in [7, 11) is 0.817. The maximum Gasteiger partial charge on any atom is 0.696 e. The minimum Gasteiger partial charge on any atom is -0.457 e. The minimum atomic E-state index is -1.83. The van der Waals surface area contributed by atoms with Crippen molar-refractivity contribution in [2.24, 2.45) is 0 Å². The van der Waals surface area contributed by atoms with Crippen molar-refractivity contribution in [3.63, 3.8) is 0 Å². The van der Waals surface area contributed by atoms with E-state index in [9.17, 15) is 14.7 Å². The van der Waals surface area contributed by atoms with E-state index in [4.69, 9.17) is 4.74 Å². The molecule has 0 atom stereocenters. The molecule has 2 aromatic rings. The van der Waals surface area contributed by atoms with E-state index < -0.39 is 13.2 Å². The summed E-state index contributed by atoms with van der Waals surface area (Å²) in [4.78, 5) is 10.5. The Morgan fingerprint density at radius 1 is 1.12 bits per heavy atom. The molecule has 0 aromatic heterocycles. The lowest BCUT2D eigenvalue weighted by Crippen LogP contribution is -2.01. The Morgan fingerprint density at radius 3 is 2.15 bits per heavy atom. The van der Waals surface area contributed by atoms with Crippen molar-refractivity contribution in [3.05, 3.63) is 57.1 Å². The normalized spacial score (nSPS) is 9.69. The number of rotatable bonds is 7. The maximum absolute atomic E-state index is 10.9. The third-order valence-electron chi connectivity index (χ3n) is 2.88. The lowest BCUT2D eigenvalue weighted by Gasteiger charge is -2.09. The zero-order chi connectivity index (χ0) is 19.5. The summed E-state index contributed by atoms with van der Waals surface area (Å²) in [5, 5.41) is 13.9. The lowest BCUT2D eigenvalue weighted by atomic mass is 10.2. The van der Waals surface area contributed by atoms with Crippen LogP contribution in [0.2, 0.25) is 0 Å². The van der Waals surface area contributed by atoms with Crippen LogP contribution in [0.3, 0.4) is 0 Å². The molecule has 140 valence electrons. The fourth-order valence-corrected chi connectivity index (χ4v) is 2.20. The van der Waals surface area contributed by atoms with Crippen LogP contribution in [-0.2, 0) is 13.6 Å². The number of nitrogens with zero attached hydrogens (tertiary/aromatic N) is 1. The van der Waals surface area contributed by atoms with E-state index in [1.807, 2.05) is 31.2 Å². The van der Waals surface area contributed by atoms with E-state index in [1.54, 1.807) is 12.1 Å². The second-order valence-corrected chi connectivity index (χ2v) is 6.70. The third kappa shape index (κ3) is 7.45. The van der Waals surface area contributed by atoms with E-state index in [0.717, 1.165) is 4.47 Å². The van der Waals surface area contributed by atoms with Gasteiger partial charge in [0.2, 0.25) is 0 Å². The average Bonchev–Trinajstić information content (AvgIpc) is 2.63. The fraction of sp³-hybridized carbons (Fsp3) is 0.250. The van der Waals surface area contributed by atoms with Gasteiger partial charge in [-0.2, -0.15) is 0 Å². The average molecular weight is 446 g/mol. The van der Waals surface area contributed by atoms with Crippen molar-refractivity contribution in [1.82, 2.24) is 0 Å². The number of halogens is 1. The molecule has 0 unspecified atom stereocenters. The summed E-state index contributed by atoms with van der Waals surface area (Å²) >= 11 is 3.35. The number of nitrogens with one attached hydrogen (secondary N) is 1. The number of anilines is 1. The molecule has 0 aliphatic carbocycles. The van der Waals surface area contributed by atoms with Crippen LogP contribution in [0, 0.1) is 10.1 Å². The van der Waals surface area contributed by atoms with E-state index in [1.165, 1.54) is 20.3 Å². The Bertz CT molecular complexity index is 736. The van der Waals surface area contributed by atoms with E-state index in [-0.39, 0.29) is 5.69 Å². The zero-order valence-corrected chi connectivity index (χ0v) is 17.0. The van der Waals surface area contributed by atoms with E-state index >= 15 is 0 Å². The van der Waals surface area contributed by atoms with Gasteiger partial charge in [0.25, 0.3) is 5.69 Å². The molecule has 0 saturated carbocycles. The number of nitro groups is 1. The SMILES string of the molecule is CCNc1cc(Oc2ccc(Br)cc2)ccc1[N+](=O)[O-].CO[P+](=O)OC. The van der Waals surface area contributed by atoms with Crippen molar-refractivity contribution in [1.29, 1.82) is 0 Å². The van der Waals surface area contributed by atoms with Crippen molar-refractivity contribution in [2.45, 2.75) is 6.92 Å². The van der Waals surface area contributed by atoms with E-state index in [0.29, 0.717) is 23.7 Å². The summed E-state index contributed by atoms with van der Waals surface area (Å²) in [6.45, 7) is 2.48. The molecule has 0 bridgehead atoms. The smallest absolute Gasteiger partial charge is 0.457 e. The van der Waals surface area contributed by atoms with Crippen LogP contribution in [0.5, 0.6) is 11.5 Å². The van der Waals surface area contributed by atoms with Crippen LogP contribution < -0.4 is 10.1 Å². The number of ether oxygens (including phenoxy) is 1. The predicted octanol–water partition coefficient (Wildman–Crippen LogP) is 5.52. The van der Waals surface area contributed by atoms with Gasteiger partial charge in [-0.15, -0.1) is 9.05 Å². The zero-order valence-electron chi connectivity index (χ0n) is 14.5. The van der Waals surface area contributed by atoms with Gasteiger partial charge in [-0.3, -0.25) is 10.1 Å². The quantitative estimate of drug-likeness (QED) is 0.340. The summed E-state index contributed by atoms with van der Waals surface area (Å²) in [6, 6.07) is 12.0. The summed E-state index contributed by atoms with van der Waals surface area (Å²) in [5.41, 5.74) is 0.488. The fourth-order valence-electron chi connectivity index (χ4n) is 1.78. The molecular weight excluding hydrogens is 427 g/mol. The first-order valence-corrected chi connectivity index (χ1v) is 9.31. The lowest BCUT2D eigenvalue weighted by molar-refractivity contribution is -0.384. The Morgan fingerprint density at radius 2 is 1.69 bits per heavy atom. The van der Waals surface area contributed by atoms with Gasteiger partial charge in [-0.05, 0) is 37.3 Å². The van der Waals surface area contributed by atoms with Gasteiger partial charge in [0, 0.05) is 27.7 Å². The Balaban J connectivity index is 0.000000487. The van der Waals surface area contributed by atoms with Crippen molar-refractivity contribution >= 4 is 35.6 Å². The maximum atomic E-state index is 10.9. The van der Waals surface area contributed by atoms with Crippen molar-refractivity contribution in [3.8, 4) is 11.5 Å². The standard InChI is InChI=1S/C14H13BrN2O3.C2H6O3P/c1-2-16-13-9-12(7-8-14(13)17(18)19)20-11-5-3-10(15)4-6-11;1-4-6(3)5-2/h3-9,16H,2H2,1H3;1-2H3/q;+1. The topological polar surface area (TPSA) is 99.9 Å². The summed E-state index contributed by atoms with van der Waals surface area (Å²) < 4.78 is 24.9. The van der Waals surface area contributed by atoms with Gasteiger partial charge >= 0.3 is 8.25 Å². The second kappa shape index (κ2) is 11.5. The second-order valence-electron chi connectivity index (χ2n) is 4.61. The van der Waals surface area contributed by atoms with Crippen molar-refractivity contribution < 1.29 is 23.3 Å².